The molecule has 0 amide bonds. The molecule has 2 aromatic heterocycles. The van der Waals surface area contributed by atoms with Crippen molar-refractivity contribution < 1.29 is 9.90 Å². The minimum atomic E-state index is -0.975. The molecule has 2 N–H and O–H groups in total. The second-order valence-corrected chi connectivity index (χ2v) is 7.53. The third kappa shape index (κ3) is 3.55. The summed E-state index contributed by atoms with van der Waals surface area (Å²) in [6.45, 7) is 0. The number of anilines is 1. The number of hydrogen-bond donors (Lipinski definition) is 2. The van der Waals surface area contributed by atoms with E-state index in [4.69, 9.17) is 0 Å². The Labute approximate surface area is 175 Å². The Morgan fingerprint density at radius 1 is 0.964 bits per heavy atom. The summed E-state index contributed by atoms with van der Waals surface area (Å²) in [6.07, 6.45) is 1.78. The predicted molar refractivity (Wildman–Crippen MR) is 120 cm³/mol. The Balaban J connectivity index is 1.75. The SMILES string of the molecule is CNc1ccc(-c2ccc(-c3cc(C(=O)O)c4cc(I)ccc4n3)nc2)cc1. The third-order valence-electron chi connectivity index (χ3n) is 4.53. The van der Waals surface area contributed by atoms with Crippen LogP contribution in [0, 0.1) is 3.57 Å². The predicted octanol–water partition coefficient (Wildman–Crippen LogP) is 5.31. The molecule has 4 aromatic rings. The molecule has 0 radical (unpaired) electrons. The van der Waals surface area contributed by atoms with Gasteiger partial charge in [-0.05, 0) is 70.6 Å². The van der Waals surface area contributed by atoms with Crippen molar-refractivity contribution in [2.24, 2.45) is 0 Å². The minimum Gasteiger partial charge on any atom is -0.478 e. The van der Waals surface area contributed by atoms with Gasteiger partial charge in [-0.25, -0.2) is 9.78 Å². The molecule has 0 atom stereocenters. The van der Waals surface area contributed by atoms with E-state index in [2.05, 4.69) is 37.9 Å². The van der Waals surface area contributed by atoms with Crippen molar-refractivity contribution in [3.05, 3.63) is 76.0 Å². The molecule has 0 aliphatic carbocycles. The topological polar surface area (TPSA) is 75.1 Å². The van der Waals surface area contributed by atoms with Crippen LogP contribution in [0.3, 0.4) is 0 Å². The van der Waals surface area contributed by atoms with Gasteiger partial charge in [0.1, 0.15) is 0 Å². The highest BCUT2D eigenvalue weighted by Gasteiger charge is 2.14. The first-order chi connectivity index (χ1) is 13.5. The Morgan fingerprint density at radius 3 is 2.36 bits per heavy atom. The molecule has 0 unspecified atom stereocenters. The van der Waals surface area contributed by atoms with Gasteiger partial charge in [0, 0.05) is 33.5 Å². The monoisotopic (exact) mass is 481 g/mol. The summed E-state index contributed by atoms with van der Waals surface area (Å²) in [5, 5.41) is 13.4. The van der Waals surface area contributed by atoms with Crippen molar-refractivity contribution in [1.29, 1.82) is 0 Å². The molecule has 0 fully saturated rings. The van der Waals surface area contributed by atoms with Gasteiger partial charge < -0.3 is 10.4 Å². The molecule has 0 saturated carbocycles. The first-order valence-electron chi connectivity index (χ1n) is 8.63. The standard InChI is InChI=1S/C22H16IN3O2/c1-24-16-6-2-13(3-7-16)14-4-8-20(25-12-14)21-11-18(22(27)28)17-10-15(23)5-9-19(17)26-21/h2-12,24H,1H3,(H,27,28). The number of carboxylic acid groups (broad SMARTS) is 1. The molecular weight excluding hydrogens is 465 g/mol. The normalized spacial score (nSPS) is 10.8. The molecule has 5 nitrogen and oxygen atoms in total. The second-order valence-electron chi connectivity index (χ2n) is 6.28. The van der Waals surface area contributed by atoms with Crippen LogP contribution < -0.4 is 5.32 Å². The fourth-order valence-corrected chi connectivity index (χ4v) is 3.54. The van der Waals surface area contributed by atoms with Crippen LogP contribution in [0.25, 0.3) is 33.4 Å². The smallest absolute Gasteiger partial charge is 0.336 e. The van der Waals surface area contributed by atoms with Crippen LogP contribution >= 0.6 is 22.6 Å². The molecule has 28 heavy (non-hydrogen) atoms. The van der Waals surface area contributed by atoms with Crippen LogP contribution in [0.1, 0.15) is 10.4 Å². The van der Waals surface area contributed by atoms with Crippen molar-refractivity contribution in [1.82, 2.24) is 9.97 Å². The van der Waals surface area contributed by atoms with Crippen LogP contribution in [0.5, 0.6) is 0 Å². The van der Waals surface area contributed by atoms with Crippen molar-refractivity contribution in [2.45, 2.75) is 0 Å². The van der Waals surface area contributed by atoms with Gasteiger partial charge in [-0.1, -0.05) is 18.2 Å². The highest BCUT2D eigenvalue weighted by molar-refractivity contribution is 14.1. The van der Waals surface area contributed by atoms with E-state index >= 15 is 0 Å². The number of fused-ring (bicyclic) bond motifs is 1. The summed E-state index contributed by atoms with van der Waals surface area (Å²) in [5.41, 5.74) is 5.15. The van der Waals surface area contributed by atoms with Crippen LogP contribution in [-0.4, -0.2) is 28.1 Å². The van der Waals surface area contributed by atoms with Crippen molar-refractivity contribution in [3.63, 3.8) is 0 Å². The Hall–Kier alpha value is -3.00. The first-order valence-corrected chi connectivity index (χ1v) is 9.71. The third-order valence-corrected chi connectivity index (χ3v) is 5.20. The molecule has 0 bridgehead atoms. The summed E-state index contributed by atoms with van der Waals surface area (Å²) in [4.78, 5) is 20.9. The lowest BCUT2D eigenvalue weighted by Crippen LogP contribution is -2.01. The number of aromatic carboxylic acids is 1. The number of hydrogen-bond acceptors (Lipinski definition) is 4. The molecule has 138 valence electrons. The zero-order valence-corrected chi connectivity index (χ0v) is 17.1. The number of nitrogens with one attached hydrogen (secondary N) is 1. The number of carbonyl (C=O) groups is 1. The number of nitrogens with zero attached hydrogens (tertiary/aromatic N) is 2. The van der Waals surface area contributed by atoms with E-state index in [0.717, 1.165) is 20.4 Å². The summed E-state index contributed by atoms with van der Waals surface area (Å²) in [5.74, 6) is -0.975. The van der Waals surface area contributed by atoms with Gasteiger partial charge in [-0.2, -0.15) is 0 Å². The van der Waals surface area contributed by atoms with Crippen LogP contribution in [-0.2, 0) is 0 Å². The number of halogens is 1. The first kappa shape index (κ1) is 18.4. The molecule has 2 heterocycles. The lowest BCUT2D eigenvalue weighted by atomic mass is 10.0. The fourth-order valence-electron chi connectivity index (χ4n) is 3.05. The van der Waals surface area contributed by atoms with E-state index in [-0.39, 0.29) is 5.56 Å². The van der Waals surface area contributed by atoms with Gasteiger partial charge in [0.25, 0.3) is 0 Å². The second kappa shape index (κ2) is 7.55. The Kier molecular flexibility index (Phi) is 4.95. The molecule has 0 aliphatic heterocycles. The van der Waals surface area contributed by atoms with Crippen LogP contribution in [0.15, 0.2) is 66.9 Å². The molecule has 4 rings (SSSR count). The van der Waals surface area contributed by atoms with E-state index < -0.39 is 5.97 Å². The summed E-state index contributed by atoms with van der Waals surface area (Å²) < 4.78 is 0.967. The number of rotatable bonds is 4. The number of carboxylic acids is 1. The number of pyridine rings is 2. The van der Waals surface area contributed by atoms with Crippen LogP contribution in [0.2, 0.25) is 0 Å². The maximum absolute atomic E-state index is 11.7. The van der Waals surface area contributed by atoms with Crippen molar-refractivity contribution in [3.8, 4) is 22.5 Å². The van der Waals surface area contributed by atoms with E-state index in [0.29, 0.717) is 22.3 Å². The lowest BCUT2D eigenvalue weighted by molar-refractivity contribution is 0.0699. The molecular formula is C22H16IN3O2. The quantitative estimate of drug-likeness (QED) is 0.387. The highest BCUT2D eigenvalue weighted by atomic mass is 127. The van der Waals surface area contributed by atoms with Gasteiger partial charge in [0.05, 0.1) is 22.5 Å². The molecule has 6 heteroatoms. The lowest BCUT2D eigenvalue weighted by Gasteiger charge is -2.08. The summed E-state index contributed by atoms with van der Waals surface area (Å²) >= 11 is 2.16. The molecule has 0 aliphatic rings. The Morgan fingerprint density at radius 2 is 1.71 bits per heavy atom. The van der Waals surface area contributed by atoms with Gasteiger partial charge in [0.2, 0.25) is 0 Å². The Bertz CT molecular complexity index is 1170. The molecule has 0 saturated heterocycles. The van der Waals surface area contributed by atoms with E-state index in [9.17, 15) is 9.90 Å². The summed E-state index contributed by atoms with van der Waals surface area (Å²) in [7, 11) is 1.88. The van der Waals surface area contributed by atoms with Crippen molar-refractivity contribution in [2.75, 3.05) is 12.4 Å². The highest BCUT2D eigenvalue weighted by Crippen LogP contribution is 2.27. The largest absolute Gasteiger partial charge is 0.478 e. The molecule has 0 spiro atoms. The van der Waals surface area contributed by atoms with E-state index in [1.54, 1.807) is 12.3 Å². The fraction of sp³-hybridized carbons (Fsp3) is 0.0455. The maximum atomic E-state index is 11.7. The zero-order chi connectivity index (χ0) is 19.7. The number of benzene rings is 2. The van der Waals surface area contributed by atoms with Gasteiger partial charge >= 0.3 is 5.97 Å². The number of aromatic nitrogens is 2. The van der Waals surface area contributed by atoms with Crippen molar-refractivity contribution >= 4 is 45.2 Å². The van der Waals surface area contributed by atoms with E-state index in [1.165, 1.54) is 0 Å². The van der Waals surface area contributed by atoms with Gasteiger partial charge in [-0.3, -0.25) is 4.98 Å². The minimum absolute atomic E-state index is 0.229. The van der Waals surface area contributed by atoms with E-state index in [1.807, 2.05) is 61.6 Å². The average molecular weight is 481 g/mol. The molecule has 2 aromatic carbocycles. The van der Waals surface area contributed by atoms with Gasteiger partial charge in [0.15, 0.2) is 0 Å². The van der Waals surface area contributed by atoms with Crippen LogP contribution in [0.4, 0.5) is 5.69 Å². The zero-order valence-electron chi connectivity index (χ0n) is 15.0. The average Bonchev–Trinajstić information content (AvgIpc) is 2.73. The van der Waals surface area contributed by atoms with Gasteiger partial charge in [-0.15, -0.1) is 0 Å². The maximum Gasteiger partial charge on any atom is 0.336 e. The summed E-state index contributed by atoms with van der Waals surface area (Å²) in [6, 6.07) is 19.1.